The summed E-state index contributed by atoms with van der Waals surface area (Å²) in [6.45, 7) is 6.38. The number of nitrogens with zero attached hydrogens (tertiary/aromatic N) is 1. The average Bonchev–Trinajstić information content (AvgIpc) is 3.09. The lowest BCUT2D eigenvalue weighted by Gasteiger charge is -2.27. The molecular weight excluding hydrogens is 190 g/mol. The molecule has 2 rings (SSSR count). The predicted octanol–water partition coefficient (Wildman–Crippen LogP) is 2.01. The molecule has 3 heteroatoms. The van der Waals surface area contributed by atoms with E-state index in [0.717, 1.165) is 38.6 Å². The lowest BCUT2D eigenvalue weighted by atomic mass is 10.3. The van der Waals surface area contributed by atoms with E-state index in [2.05, 4.69) is 11.8 Å². The molecule has 3 nitrogen and oxygen atoms in total. The molecule has 1 saturated carbocycles. The van der Waals surface area contributed by atoms with Gasteiger partial charge in [-0.25, -0.2) is 0 Å². The Labute approximate surface area is 92.7 Å². The van der Waals surface area contributed by atoms with Gasteiger partial charge in [-0.3, -0.25) is 0 Å². The molecule has 0 aromatic rings. The van der Waals surface area contributed by atoms with Crippen LogP contribution in [0.1, 0.15) is 39.0 Å². The molecule has 88 valence electrons. The highest BCUT2D eigenvalue weighted by molar-refractivity contribution is 4.84. The van der Waals surface area contributed by atoms with Crippen molar-refractivity contribution in [2.75, 3.05) is 26.3 Å². The second-order valence-corrected chi connectivity index (χ2v) is 4.58. The third-order valence-corrected chi connectivity index (χ3v) is 3.12. The van der Waals surface area contributed by atoms with E-state index < -0.39 is 0 Å². The van der Waals surface area contributed by atoms with Crippen LogP contribution >= 0.6 is 0 Å². The Kier molecular flexibility index (Phi) is 4.42. The Morgan fingerprint density at radius 3 is 2.47 bits per heavy atom. The Bertz CT molecular complexity index is 176. The summed E-state index contributed by atoms with van der Waals surface area (Å²) >= 11 is 0. The van der Waals surface area contributed by atoms with E-state index in [9.17, 15) is 0 Å². The van der Waals surface area contributed by atoms with Crippen molar-refractivity contribution in [3.63, 3.8) is 0 Å². The first-order valence-electron chi connectivity index (χ1n) is 6.37. The van der Waals surface area contributed by atoms with Crippen molar-refractivity contribution >= 4 is 0 Å². The summed E-state index contributed by atoms with van der Waals surface area (Å²) < 4.78 is 11.1. The first-order valence-corrected chi connectivity index (χ1v) is 6.37. The van der Waals surface area contributed by atoms with Gasteiger partial charge < -0.3 is 14.4 Å². The molecule has 2 fully saturated rings. The van der Waals surface area contributed by atoms with Crippen LogP contribution < -0.4 is 0 Å². The summed E-state index contributed by atoms with van der Waals surface area (Å²) in [6.07, 6.45) is 6.20. The van der Waals surface area contributed by atoms with Crippen molar-refractivity contribution in [1.29, 1.82) is 0 Å². The van der Waals surface area contributed by atoms with Crippen molar-refractivity contribution in [2.45, 2.75) is 51.4 Å². The quantitative estimate of drug-likeness (QED) is 0.673. The fourth-order valence-corrected chi connectivity index (χ4v) is 2.18. The molecule has 0 aromatic carbocycles. The van der Waals surface area contributed by atoms with E-state index in [-0.39, 0.29) is 6.29 Å². The Morgan fingerprint density at radius 2 is 1.87 bits per heavy atom. The van der Waals surface area contributed by atoms with Gasteiger partial charge in [0.2, 0.25) is 0 Å². The summed E-state index contributed by atoms with van der Waals surface area (Å²) in [5.74, 6) is 0. The molecule has 0 radical (unpaired) electrons. The summed E-state index contributed by atoms with van der Waals surface area (Å²) in [4.78, 5) is 2.60. The maximum absolute atomic E-state index is 5.56. The second kappa shape index (κ2) is 5.83. The third kappa shape index (κ3) is 3.74. The van der Waals surface area contributed by atoms with Crippen LogP contribution in [0, 0.1) is 0 Å². The van der Waals surface area contributed by atoms with Gasteiger partial charge in [0, 0.05) is 19.0 Å². The molecule has 0 atom stereocenters. The van der Waals surface area contributed by atoms with E-state index in [4.69, 9.17) is 9.47 Å². The highest BCUT2D eigenvalue weighted by Gasteiger charge is 2.28. The smallest absolute Gasteiger partial charge is 0.158 e. The van der Waals surface area contributed by atoms with Crippen molar-refractivity contribution < 1.29 is 9.47 Å². The van der Waals surface area contributed by atoms with E-state index in [1.165, 1.54) is 25.8 Å². The first kappa shape index (κ1) is 11.4. The third-order valence-electron chi connectivity index (χ3n) is 3.12. The molecule has 1 aliphatic carbocycles. The molecular formula is C12H23NO2. The van der Waals surface area contributed by atoms with Gasteiger partial charge in [-0.05, 0) is 32.2 Å². The van der Waals surface area contributed by atoms with Crippen LogP contribution in [-0.2, 0) is 9.47 Å². The maximum atomic E-state index is 5.56. The number of hydrogen-bond acceptors (Lipinski definition) is 3. The molecule has 0 bridgehead atoms. The molecule has 0 spiro atoms. The Hall–Kier alpha value is -0.120. The van der Waals surface area contributed by atoms with Crippen molar-refractivity contribution in [1.82, 2.24) is 4.90 Å². The summed E-state index contributed by atoms with van der Waals surface area (Å²) in [5.41, 5.74) is 0. The SMILES string of the molecule is CCCN(CCC1OCCCO1)C1CC1. The Morgan fingerprint density at radius 1 is 1.13 bits per heavy atom. The van der Waals surface area contributed by atoms with Crippen molar-refractivity contribution in [3.8, 4) is 0 Å². The van der Waals surface area contributed by atoms with E-state index in [0.29, 0.717) is 0 Å². The van der Waals surface area contributed by atoms with Gasteiger partial charge in [0.25, 0.3) is 0 Å². The zero-order chi connectivity index (χ0) is 10.5. The standard InChI is InChI=1S/C12H23NO2/c1-2-7-13(11-4-5-11)8-6-12-14-9-3-10-15-12/h11-12H,2-10H2,1H3. The normalized spacial score (nSPS) is 23.6. The topological polar surface area (TPSA) is 21.7 Å². The molecule has 0 unspecified atom stereocenters. The minimum atomic E-state index is 0.0665. The van der Waals surface area contributed by atoms with E-state index in [1.54, 1.807) is 0 Å². The van der Waals surface area contributed by atoms with Crippen molar-refractivity contribution in [3.05, 3.63) is 0 Å². The van der Waals surface area contributed by atoms with E-state index >= 15 is 0 Å². The van der Waals surface area contributed by atoms with Gasteiger partial charge >= 0.3 is 0 Å². The molecule has 1 saturated heterocycles. The van der Waals surface area contributed by atoms with Crippen LogP contribution in [0.4, 0.5) is 0 Å². The van der Waals surface area contributed by atoms with Crippen LogP contribution in [0.15, 0.2) is 0 Å². The van der Waals surface area contributed by atoms with Gasteiger partial charge in [0.1, 0.15) is 0 Å². The molecule has 0 N–H and O–H groups in total. The summed E-state index contributed by atoms with van der Waals surface area (Å²) in [6, 6.07) is 0.869. The second-order valence-electron chi connectivity index (χ2n) is 4.58. The number of ether oxygens (including phenoxy) is 2. The molecule has 0 aromatic heterocycles. The van der Waals surface area contributed by atoms with E-state index in [1.807, 2.05) is 0 Å². The van der Waals surface area contributed by atoms with Crippen LogP contribution in [0.3, 0.4) is 0 Å². The van der Waals surface area contributed by atoms with Gasteiger partial charge in [-0.1, -0.05) is 6.92 Å². The zero-order valence-corrected chi connectivity index (χ0v) is 9.78. The van der Waals surface area contributed by atoms with Crippen LogP contribution in [0.5, 0.6) is 0 Å². The lowest BCUT2D eigenvalue weighted by molar-refractivity contribution is -0.182. The monoisotopic (exact) mass is 213 g/mol. The summed E-state index contributed by atoms with van der Waals surface area (Å²) in [5, 5.41) is 0. The number of hydrogen-bond donors (Lipinski definition) is 0. The fraction of sp³-hybridized carbons (Fsp3) is 1.00. The van der Waals surface area contributed by atoms with Crippen LogP contribution in [0.2, 0.25) is 0 Å². The Balaban J connectivity index is 1.65. The van der Waals surface area contributed by atoms with Crippen LogP contribution in [0.25, 0.3) is 0 Å². The van der Waals surface area contributed by atoms with Crippen LogP contribution in [-0.4, -0.2) is 43.5 Å². The number of rotatable bonds is 6. The lowest BCUT2D eigenvalue weighted by Crippen LogP contribution is -2.33. The largest absolute Gasteiger partial charge is 0.353 e. The molecule has 0 amide bonds. The zero-order valence-electron chi connectivity index (χ0n) is 9.78. The predicted molar refractivity (Wildman–Crippen MR) is 59.8 cm³/mol. The maximum Gasteiger partial charge on any atom is 0.158 e. The van der Waals surface area contributed by atoms with Gasteiger partial charge in [0.05, 0.1) is 13.2 Å². The molecule has 1 aliphatic heterocycles. The molecule has 15 heavy (non-hydrogen) atoms. The molecule has 1 heterocycles. The highest BCUT2D eigenvalue weighted by Crippen LogP contribution is 2.27. The van der Waals surface area contributed by atoms with Gasteiger partial charge in [-0.2, -0.15) is 0 Å². The first-order chi connectivity index (χ1) is 7.40. The highest BCUT2D eigenvalue weighted by atomic mass is 16.7. The minimum absolute atomic E-state index is 0.0665. The fourth-order valence-electron chi connectivity index (χ4n) is 2.18. The summed E-state index contributed by atoms with van der Waals surface area (Å²) in [7, 11) is 0. The average molecular weight is 213 g/mol. The van der Waals surface area contributed by atoms with Crippen molar-refractivity contribution in [2.24, 2.45) is 0 Å². The minimum Gasteiger partial charge on any atom is -0.353 e. The van der Waals surface area contributed by atoms with Gasteiger partial charge in [-0.15, -0.1) is 0 Å². The molecule has 2 aliphatic rings. The van der Waals surface area contributed by atoms with Gasteiger partial charge in [0.15, 0.2) is 6.29 Å².